The van der Waals surface area contributed by atoms with Crippen molar-refractivity contribution in [2.45, 2.75) is 63.9 Å². The molecule has 26 heavy (non-hydrogen) atoms. The second-order valence-electron chi connectivity index (χ2n) is 9.35. The molecule has 0 spiro atoms. The second kappa shape index (κ2) is 7.52. The molecule has 1 unspecified atom stereocenters. The first-order chi connectivity index (χ1) is 12.6. The van der Waals surface area contributed by atoms with E-state index in [0.29, 0.717) is 12.0 Å². The molecule has 0 aliphatic heterocycles. The van der Waals surface area contributed by atoms with Gasteiger partial charge in [0.15, 0.2) is 0 Å². The van der Waals surface area contributed by atoms with E-state index in [1.54, 1.807) is 0 Å². The van der Waals surface area contributed by atoms with Crippen LogP contribution in [0.1, 0.15) is 57.9 Å². The number of rotatable bonds is 8. The third kappa shape index (κ3) is 3.66. The number of aliphatic hydroxyl groups is 1. The molecule has 4 saturated carbocycles. The Labute approximate surface area is 158 Å². The molecule has 4 fully saturated rings. The van der Waals surface area contributed by atoms with Gasteiger partial charge in [-0.1, -0.05) is 12.1 Å². The van der Waals surface area contributed by atoms with E-state index in [1.807, 2.05) is 0 Å². The highest BCUT2D eigenvalue weighted by atomic mass is 16.5. The first kappa shape index (κ1) is 18.3. The molecule has 1 atom stereocenters. The lowest BCUT2D eigenvalue weighted by Crippen LogP contribution is -3.12. The van der Waals surface area contributed by atoms with Gasteiger partial charge in [-0.3, -0.25) is 0 Å². The van der Waals surface area contributed by atoms with E-state index in [4.69, 9.17) is 4.74 Å². The van der Waals surface area contributed by atoms with Crippen LogP contribution in [0.5, 0.6) is 5.75 Å². The van der Waals surface area contributed by atoms with Crippen LogP contribution in [0.2, 0.25) is 0 Å². The van der Waals surface area contributed by atoms with Gasteiger partial charge in [0.1, 0.15) is 25.0 Å². The van der Waals surface area contributed by atoms with E-state index < -0.39 is 6.10 Å². The Hall–Kier alpha value is -1.06. The predicted molar refractivity (Wildman–Crippen MR) is 105 cm³/mol. The zero-order valence-corrected chi connectivity index (χ0v) is 16.5. The zero-order valence-electron chi connectivity index (χ0n) is 16.5. The maximum Gasteiger partial charge on any atom is 0.137 e. The van der Waals surface area contributed by atoms with E-state index in [0.717, 1.165) is 43.1 Å². The van der Waals surface area contributed by atoms with Gasteiger partial charge in [-0.05, 0) is 93.2 Å². The van der Waals surface area contributed by atoms with Crippen LogP contribution in [0.25, 0.3) is 0 Å². The highest BCUT2D eigenvalue weighted by Crippen LogP contribution is 2.60. The zero-order chi connectivity index (χ0) is 18.1. The van der Waals surface area contributed by atoms with Crippen molar-refractivity contribution in [3.63, 3.8) is 0 Å². The summed E-state index contributed by atoms with van der Waals surface area (Å²) in [6, 6.07) is 8.88. The lowest BCUT2D eigenvalue weighted by Gasteiger charge is -2.57. The van der Waals surface area contributed by atoms with Crippen LogP contribution < -0.4 is 9.64 Å². The SMILES string of the molecule is CC[NH+](CC)CC(O)COc1ccc(C23CC4CC(CC(C4)C2)C3)cc1. The molecule has 1 aromatic carbocycles. The summed E-state index contributed by atoms with van der Waals surface area (Å²) in [4.78, 5) is 1.42. The predicted octanol–water partition coefficient (Wildman–Crippen LogP) is 2.82. The maximum atomic E-state index is 10.2. The van der Waals surface area contributed by atoms with Crippen molar-refractivity contribution in [2.75, 3.05) is 26.2 Å². The maximum absolute atomic E-state index is 10.2. The third-order valence-corrected chi connectivity index (χ3v) is 7.47. The average molecular weight is 359 g/mol. The molecule has 4 bridgehead atoms. The largest absolute Gasteiger partial charge is 0.491 e. The molecule has 3 heteroatoms. The molecule has 3 nitrogen and oxygen atoms in total. The van der Waals surface area contributed by atoms with Crippen molar-refractivity contribution >= 4 is 0 Å². The van der Waals surface area contributed by atoms with Crippen molar-refractivity contribution in [1.29, 1.82) is 0 Å². The van der Waals surface area contributed by atoms with Gasteiger partial charge >= 0.3 is 0 Å². The molecule has 4 aliphatic rings. The van der Waals surface area contributed by atoms with Crippen molar-refractivity contribution in [2.24, 2.45) is 17.8 Å². The van der Waals surface area contributed by atoms with Crippen LogP contribution in [0.15, 0.2) is 24.3 Å². The molecule has 0 saturated heterocycles. The Bertz CT molecular complexity index is 557. The summed E-state index contributed by atoms with van der Waals surface area (Å²) < 4.78 is 5.87. The molecular weight excluding hydrogens is 322 g/mol. The van der Waals surface area contributed by atoms with Gasteiger partial charge in [0.2, 0.25) is 0 Å². The topological polar surface area (TPSA) is 33.9 Å². The molecule has 0 radical (unpaired) electrons. The second-order valence-corrected chi connectivity index (χ2v) is 9.35. The minimum absolute atomic E-state index is 0.389. The normalized spacial score (nSPS) is 33.6. The Kier molecular flexibility index (Phi) is 5.29. The number of likely N-dealkylation sites (N-methyl/N-ethyl adjacent to an activating group) is 1. The van der Waals surface area contributed by atoms with E-state index in [-0.39, 0.29) is 0 Å². The fraction of sp³-hybridized carbons (Fsp3) is 0.739. The number of ether oxygens (including phenoxy) is 1. The summed E-state index contributed by atoms with van der Waals surface area (Å²) in [5, 5.41) is 10.2. The van der Waals surface area contributed by atoms with Gasteiger partial charge in [0.25, 0.3) is 0 Å². The number of aliphatic hydroxyl groups excluding tert-OH is 1. The van der Waals surface area contributed by atoms with Crippen LogP contribution >= 0.6 is 0 Å². The number of benzene rings is 1. The summed E-state index contributed by atoms with van der Waals surface area (Å²) in [6.45, 7) is 7.57. The molecule has 144 valence electrons. The summed E-state index contributed by atoms with van der Waals surface area (Å²) in [7, 11) is 0. The van der Waals surface area contributed by atoms with Crippen LogP contribution in [-0.4, -0.2) is 37.5 Å². The van der Waals surface area contributed by atoms with Crippen LogP contribution in [0, 0.1) is 17.8 Å². The Morgan fingerprint density at radius 2 is 1.54 bits per heavy atom. The average Bonchev–Trinajstić information content (AvgIpc) is 2.64. The standard InChI is InChI=1S/C23H35NO2/c1-3-24(4-2)15-21(25)16-26-22-7-5-20(6-8-22)23-12-17-9-18(13-23)11-19(10-17)14-23/h5-8,17-19,21,25H,3-4,9-16H2,1-2H3/p+1. The number of hydrogen-bond donors (Lipinski definition) is 2. The molecule has 5 rings (SSSR count). The van der Waals surface area contributed by atoms with E-state index >= 15 is 0 Å². The fourth-order valence-electron chi connectivity index (χ4n) is 6.49. The van der Waals surface area contributed by atoms with Crippen LogP contribution in [0.4, 0.5) is 0 Å². The fourth-order valence-corrected chi connectivity index (χ4v) is 6.49. The van der Waals surface area contributed by atoms with E-state index in [2.05, 4.69) is 38.1 Å². The first-order valence-electron chi connectivity index (χ1n) is 10.8. The Morgan fingerprint density at radius 1 is 1.00 bits per heavy atom. The number of nitrogens with one attached hydrogen (secondary N) is 1. The lowest BCUT2D eigenvalue weighted by atomic mass is 9.48. The molecule has 4 aliphatic carbocycles. The van der Waals surface area contributed by atoms with Gasteiger partial charge in [0.05, 0.1) is 13.1 Å². The van der Waals surface area contributed by atoms with E-state index in [9.17, 15) is 5.11 Å². The van der Waals surface area contributed by atoms with Gasteiger partial charge in [-0.2, -0.15) is 0 Å². The van der Waals surface area contributed by atoms with Gasteiger partial charge in [0, 0.05) is 0 Å². The summed E-state index contributed by atoms with van der Waals surface area (Å²) in [5.41, 5.74) is 2.00. The molecule has 2 N–H and O–H groups in total. The molecule has 0 aromatic heterocycles. The summed E-state index contributed by atoms with van der Waals surface area (Å²) >= 11 is 0. The number of hydrogen-bond acceptors (Lipinski definition) is 2. The summed E-state index contributed by atoms with van der Waals surface area (Å²) in [6.07, 6.45) is 8.31. The smallest absolute Gasteiger partial charge is 0.137 e. The number of quaternary nitrogens is 1. The van der Waals surface area contributed by atoms with Crippen molar-refractivity contribution < 1.29 is 14.7 Å². The van der Waals surface area contributed by atoms with Crippen molar-refractivity contribution in [3.05, 3.63) is 29.8 Å². The third-order valence-electron chi connectivity index (χ3n) is 7.47. The molecule has 0 heterocycles. The lowest BCUT2D eigenvalue weighted by molar-refractivity contribution is -0.899. The van der Waals surface area contributed by atoms with Crippen LogP contribution in [0.3, 0.4) is 0 Å². The Morgan fingerprint density at radius 3 is 2.04 bits per heavy atom. The highest BCUT2D eigenvalue weighted by molar-refractivity contribution is 5.34. The van der Waals surface area contributed by atoms with Crippen molar-refractivity contribution in [3.8, 4) is 5.75 Å². The van der Waals surface area contributed by atoms with Gasteiger partial charge in [-0.25, -0.2) is 0 Å². The molecule has 1 aromatic rings. The van der Waals surface area contributed by atoms with Gasteiger partial charge < -0.3 is 14.7 Å². The molecular formula is C23H36NO2+. The minimum Gasteiger partial charge on any atom is -0.491 e. The van der Waals surface area contributed by atoms with Crippen LogP contribution in [-0.2, 0) is 5.41 Å². The molecule has 0 amide bonds. The minimum atomic E-state index is -0.396. The van der Waals surface area contributed by atoms with Crippen molar-refractivity contribution in [1.82, 2.24) is 0 Å². The van der Waals surface area contributed by atoms with Gasteiger partial charge in [-0.15, -0.1) is 0 Å². The Balaban J connectivity index is 1.35. The highest BCUT2D eigenvalue weighted by Gasteiger charge is 2.51. The van der Waals surface area contributed by atoms with E-state index in [1.165, 1.54) is 49.0 Å². The first-order valence-corrected chi connectivity index (χ1v) is 10.8. The quantitative estimate of drug-likeness (QED) is 0.749. The monoisotopic (exact) mass is 358 g/mol. The summed E-state index contributed by atoms with van der Waals surface area (Å²) in [5.74, 6) is 3.84.